The molecular weight excluding hydrogens is 378 g/mol. The first-order chi connectivity index (χ1) is 14.4. The second kappa shape index (κ2) is 9.61. The minimum Gasteiger partial charge on any atom is -0.497 e. The predicted octanol–water partition coefficient (Wildman–Crippen LogP) is 4.68. The van der Waals surface area contributed by atoms with Crippen molar-refractivity contribution in [3.05, 3.63) is 77.0 Å². The molecule has 1 atom stereocenters. The Bertz CT molecular complexity index is 916. The molecule has 1 aliphatic rings. The average Bonchev–Trinajstić information content (AvgIpc) is 2.75. The highest BCUT2D eigenvalue weighted by Crippen LogP contribution is 2.38. The molecule has 0 radical (unpaired) electrons. The molecule has 0 fully saturated rings. The molecule has 30 heavy (non-hydrogen) atoms. The summed E-state index contributed by atoms with van der Waals surface area (Å²) in [7, 11) is 1.61. The molecule has 0 saturated heterocycles. The summed E-state index contributed by atoms with van der Waals surface area (Å²) in [5, 5.41) is 0. The van der Waals surface area contributed by atoms with Crippen LogP contribution in [0.15, 0.2) is 65.9 Å². The van der Waals surface area contributed by atoms with Crippen LogP contribution in [0, 0.1) is 5.92 Å². The molecule has 5 nitrogen and oxygen atoms in total. The van der Waals surface area contributed by atoms with Crippen molar-refractivity contribution in [1.29, 1.82) is 0 Å². The summed E-state index contributed by atoms with van der Waals surface area (Å²) in [4.78, 5) is 27.8. The zero-order chi connectivity index (χ0) is 21.7. The quantitative estimate of drug-likeness (QED) is 0.625. The van der Waals surface area contributed by atoms with Gasteiger partial charge in [-0.3, -0.25) is 4.79 Å². The van der Waals surface area contributed by atoms with Crippen molar-refractivity contribution in [2.75, 3.05) is 13.7 Å². The number of rotatable bonds is 7. The highest BCUT2D eigenvalue weighted by Gasteiger charge is 2.37. The molecule has 0 N–H and O–H groups in total. The molecule has 0 saturated carbocycles. The Balaban J connectivity index is 1.99. The van der Waals surface area contributed by atoms with E-state index in [0.29, 0.717) is 24.4 Å². The second-order valence-electron chi connectivity index (χ2n) is 7.99. The van der Waals surface area contributed by atoms with Gasteiger partial charge in [-0.25, -0.2) is 4.79 Å². The third kappa shape index (κ3) is 4.90. The maximum atomic E-state index is 13.1. The van der Waals surface area contributed by atoms with Crippen LogP contribution in [0.3, 0.4) is 0 Å². The number of nitrogens with zero attached hydrogens (tertiary/aromatic N) is 1. The van der Waals surface area contributed by atoms with Crippen LogP contribution in [0.2, 0.25) is 0 Å². The summed E-state index contributed by atoms with van der Waals surface area (Å²) in [6.45, 7) is 6.62. The standard InChI is InChI=1S/C25H29NO4/c1-17(2)16-30-25(28)24-18(3)26(15-19-8-6-5-7-9-19)23(27)14-22(24)20-10-12-21(29-4)13-11-20/h5-13,17,22H,14-16H2,1-4H3. The fourth-order valence-corrected chi connectivity index (χ4v) is 3.68. The predicted molar refractivity (Wildman–Crippen MR) is 116 cm³/mol. The van der Waals surface area contributed by atoms with Gasteiger partial charge in [-0.2, -0.15) is 0 Å². The Morgan fingerprint density at radius 2 is 1.77 bits per heavy atom. The SMILES string of the molecule is COc1ccc(C2CC(=O)N(Cc3ccccc3)C(C)=C2C(=O)OCC(C)C)cc1. The zero-order valence-corrected chi connectivity index (χ0v) is 18.1. The number of allylic oxidation sites excluding steroid dienone is 1. The number of esters is 1. The van der Waals surface area contributed by atoms with Crippen LogP contribution in [0.25, 0.3) is 0 Å². The third-order valence-corrected chi connectivity index (χ3v) is 5.29. The van der Waals surface area contributed by atoms with Crippen molar-refractivity contribution in [2.24, 2.45) is 5.92 Å². The average molecular weight is 408 g/mol. The Labute approximate surface area is 178 Å². The monoisotopic (exact) mass is 407 g/mol. The maximum Gasteiger partial charge on any atom is 0.336 e. The lowest BCUT2D eigenvalue weighted by Gasteiger charge is -2.34. The summed E-state index contributed by atoms with van der Waals surface area (Å²) in [5.74, 6) is 0.274. The molecule has 1 amide bonds. The van der Waals surface area contributed by atoms with E-state index in [9.17, 15) is 9.59 Å². The summed E-state index contributed by atoms with van der Waals surface area (Å²) < 4.78 is 10.8. The summed E-state index contributed by atoms with van der Waals surface area (Å²) in [6.07, 6.45) is 0.225. The van der Waals surface area contributed by atoms with Crippen LogP contribution in [-0.4, -0.2) is 30.5 Å². The molecule has 5 heteroatoms. The first-order valence-electron chi connectivity index (χ1n) is 10.3. The van der Waals surface area contributed by atoms with Gasteiger partial charge in [-0.05, 0) is 36.1 Å². The van der Waals surface area contributed by atoms with Crippen molar-refractivity contribution in [1.82, 2.24) is 4.90 Å². The summed E-state index contributed by atoms with van der Waals surface area (Å²) in [6, 6.07) is 17.3. The first-order valence-corrected chi connectivity index (χ1v) is 10.3. The zero-order valence-electron chi connectivity index (χ0n) is 18.1. The molecule has 2 aromatic carbocycles. The molecular formula is C25H29NO4. The van der Waals surface area contributed by atoms with E-state index in [0.717, 1.165) is 16.9 Å². The van der Waals surface area contributed by atoms with Gasteiger partial charge in [0.05, 0.1) is 25.8 Å². The Morgan fingerprint density at radius 3 is 2.37 bits per heavy atom. The lowest BCUT2D eigenvalue weighted by Crippen LogP contribution is -2.38. The minimum absolute atomic E-state index is 0.00224. The maximum absolute atomic E-state index is 13.1. The van der Waals surface area contributed by atoms with E-state index in [1.807, 2.05) is 75.4 Å². The molecule has 1 unspecified atom stereocenters. The van der Waals surface area contributed by atoms with Crippen molar-refractivity contribution < 1.29 is 19.1 Å². The lowest BCUT2D eigenvalue weighted by atomic mass is 9.83. The Morgan fingerprint density at radius 1 is 1.10 bits per heavy atom. The molecule has 2 aromatic rings. The number of carbonyl (C=O) groups excluding carboxylic acids is 2. The van der Waals surface area contributed by atoms with E-state index in [2.05, 4.69) is 0 Å². The molecule has 0 aliphatic carbocycles. The van der Waals surface area contributed by atoms with E-state index in [1.165, 1.54) is 0 Å². The first kappa shape index (κ1) is 21.6. The Hall–Kier alpha value is -3.08. The molecule has 0 spiro atoms. The van der Waals surface area contributed by atoms with Gasteiger partial charge in [0.2, 0.25) is 5.91 Å². The van der Waals surface area contributed by atoms with Crippen molar-refractivity contribution >= 4 is 11.9 Å². The normalized spacial score (nSPS) is 16.8. The summed E-state index contributed by atoms with van der Waals surface area (Å²) in [5.41, 5.74) is 3.13. The number of hydrogen-bond donors (Lipinski definition) is 0. The second-order valence-corrected chi connectivity index (χ2v) is 7.99. The number of ether oxygens (including phenoxy) is 2. The number of amides is 1. The van der Waals surface area contributed by atoms with Crippen LogP contribution in [-0.2, 0) is 20.9 Å². The number of benzene rings is 2. The molecule has 3 rings (SSSR count). The molecule has 0 aromatic heterocycles. The molecule has 1 heterocycles. The highest BCUT2D eigenvalue weighted by molar-refractivity contribution is 5.95. The van der Waals surface area contributed by atoms with Gasteiger partial charge in [-0.15, -0.1) is 0 Å². The van der Waals surface area contributed by atoms with Gasteiger partial charge < -0.3 is 14.4 Å². The van der Waals surface area contributed by atoms with Crippen LogP contribution < -0.4 is 4.74 Å². The minimum atomic E-state index is -0.354. The Kier molecular flexibility index (Phi) is 6.93. The number of carbonyl (C=O) groups is 2. The van der Waals surface area contributed by atoms with Gasteiger partial charge in [0, 0.05) is 18.0 Å². The molecule has 158 valence electrons. The van der Waals surface area contributed by atoms with E-state index in [4.69, 9.17) is 9.47 Å². The van der Waals surface area contributed by atoms with E-state index in [1.54, 1.807) is 12.0 Å². The summed E-state index contributed by atoms with van der Waals surface area (Å²) >= 11 is 0. The number of methoxy groups -OCH3 is 1. The lowest BCUT2D eigenvalue weighted by molar-refractivity contribution is -0.141. The molecule has 1 aliphatic heterocycles. The van der Waals surface area contributed by atoms with E-state index in [-0.39, 0.29) is 30.1 Å². The van der Waals surface area contributed by atoms with E-state index >= 15 is 0 Å². The van der Waals surface area contributed by atoms with Gasteiger partial charge in [0.25, 0.3) is 0 Å². The van der Waals surface area contributed by atoms with Crippen molar-refractivity contribution in [2.45, 2.75) is 39.7 Å². The fourth-order valence-electron chi connectivity index (χ4n) is 3.68. The number of hydrogen-bond acceptors (Lipinski definition) is 4. The van der Waals surface area contributed by atoms with Crippen molar-refractivity contribution in [3.63, 3.8) is 0 Å². The van der Waals surface area contributed by atoms with Gasteiger partial charge in [0.15, 0.2) is 0 Å². The van der Waals surface area contributed by atoms with Crippen LogP contribution in [0.5, 0.6) is 5.75 Å². The van der Waals surface area contributed by atoms with Crippen LogP contribution in [0.1, 0.15) is 44.2 Å². The molecule has 0 bridgehead atoms. The largest absolute Gasteiger partial charge is 0.497 e. The third-order valence-electron chi connectivity index (χ3n) is 5.29. The van der Waals surface area contributed by atoms with Crippen molar-refractivity contribution in [3.8, 4) is 5.75 Å². The van der Waals surface area contributed by atoms with Gasteiger partial charge in [0.1, 0.15) is 5.75 Å². The van der Waals surface area contributed by atoms with Gasteiger partial charge >= 0.3 is 5.97 Å². The van der Waals surface area contributed by atoms with Crippen LogP contribution in [0.4, 0.5) is 0 Å². The highest BCUT2D eigenvalue weighted by atomic mass is 16.5. The van der Waals surface area contributed by atoms with Gasteiger partial charge in [-0.1, -0.05) is 56.3 Å². The fraction of sp³-hybridized carbons (Fsp3) is 0.360. The van der Waals surface area contributed by atoms with E-state index < -0.39 is 0 Å². The smallest absolute Gasteiger partial charge is 0.336 e. The van der Waals surface area contributed by atoms with Crippen LogP contribution >= 0.6 is 0 Å². The topological polar surface area (TPSA) is 55.8 Å².